The van der Waals surface area contributed by atoms with E-state index in [-0.39, 0.29) is 0 Å². The van der Waals surface area contributed by atoms with Crippen molar-refractivity contribution in [2.45, 2.75) is 46.1 Å². The zero-order chi connectivity index (χ0) is 13.7. The molecule has 1 fully saturated rings. The minimum atomic E-state index is 0.726. The molecule has 2 nitrogen and oxygen atoms in total. The summed E-state index contributed by atoms with van der Waals surface area (Å²) in [5.74, 6) is 0.806. The van der Waals surface area contributed by atoms with Gasteiger partial charge in [0.15, 0.2) is 0 Å². The molecular formula is C17H28N2. The van der Waals surface area contributed by atoms with Gasteiger partial charge in [0.05, 0.1) is 0 Å². The fourth-order valence-electron chi connectivity index (χ4n) is 3.31. The van der Waals surface area contributed by atoms with Crippen LogP contribution in [0.1, 0.15) is 38.7 Å². The van der Waals surface area contributed by atoms with E-state index in [0.29, 0.717) is 0 Å². The van der Waals surface area contributed by atoms with Gasteiger partial charge in [0.25, 0.3) is 0 Å². The van der Waals surface area contributed by atoms with E-state index >= 15 is 0 Å². The molecule has 1 N–H and O–H groups in total. The van der Waals surface area contributed by atoms with Gasteiger partial charge < -0.3 is 10.2 Å². The Kier molecular flexibility index (Phi) is 5.26. The average Bonchev–Trinajstić information content (AvgIpc) is 2.84. The smallest absolute Gasteiger partial charge is 0.0368 e. The molecule has 2 rings (SSSR count). The van der Waals surface area contributed by atoms with Crippen molar-refractivity contribution >= 4 is 5.69 Å². The number of hydrogen-bond donors (Lipinski definition) is 1. The third kappa shape index (κ3) is 3.73. The predicted octanol–water partition coefficient (Wildman–Crippen LogP) is 3.60. The lowest BCUT2D eigenvalue weighted by Crippen LogP contribution is -2.39. The molecule has 0 heterocycles. The highest BCUT2D eigenvalue weighted by atomic mass is 15.1. The molecule has 1 aromatic carbocycles. The summed E-state index contributed by atoms with van der Waals surface area (Å²) in [6.45, 7) is 10.0. The third-order valence-electron chi connectivity index (χ3n) is 4.33. The highest BCUT2D eigenvalue weighted by molar-refractivity contribution is 5.48. The van der Waals surface area contributed by atoms with Crippen molar-refractivity contribution in [2.75, 3.05) is 24.5 Å². The van der Waals surface area contributed by atoms with Crippen LogP contribution in [0.3, 0.4) is 0 Å². The van der Waals surface area contributed by atoms with Crippen LogP contribution in [0.25, 0.3) is 0 Å². The first-order valence-corrected chi connectivity index (χ1v) is 7.79. The quantitative estimate of drug-likeness (QED) is 0.840. The van der Waals surface area contributed by atoms with Crippen LogP contribution in [0.5, 0.6) is 0 Å². The molecule has 106 valence electrons. The lowest BCUT2D eigenvalue weighted by molar-refractivity contribution is 0.407. The Morgan fingerprint density at radius 1 is 1.26 bits per heavy atom. The van der Waals surface area contributed by atoms with E-state index in [1.807, 2.05) is 0 Å². The molecule has 2 atom stereocenters. The van der Waals surface area contributed by atoms with Gasteiger partial charge in [-0.05, 0) is 56.8 Å². The van der Waals surface area contributed by atoms with E-state index < -0.39 is 0 Å². The molecule has 0 amide bonds. The fraction of sp³-hybridized carbons (Fsp3) is 0.647. The number of aryl methyl sites for hydroxylation is 1. The van der Waals surface area contributed by atoms with Gasteiger partial charge in [-0.25, -0.2) is 0 Å². The van der Waals surface area contributed by atoms with Crippen molar-refractivity contribution in [3.05, 3.63) is 29.8 Å². The summed E-state index contributed by atoms with van der Waals surface area (Å²) in [5.41, 5.74) is 2.73. The first-order valence-electron chi connectivity index (χ1n) is 7.79. The van der Waals surface area contributed by atoms with Gasteiger partial charge in [0.2, 0.25) is 0 Å². The summed E-state index contributed by atoms with van der Waals surface area (Å²) in [6.07, 6.45) is 4.11. The molecule has 2 unspecified atom stereocenters. The summed E-state index contributed by atoms with van der Waals surface area (Å²) >= 11 is 0. The first kappa shape index (κ1) is 14.4. The number of nitrogens with one attached hydrogen (secondary N) is 1. The number of hydrogen-bond acceptors (Lipinski definition) is 2. The van der Waals surface area contributed by atoms with E-state index in [4.69, 9.17) is 0 Å². The normalized spacial score (nSPS) is 22.7. The highest BCUT2D eigenvalue weighted by Gasteiger charge is 2.27. The Morgan fingerprint density at radius 2 is 2.11 bits per heavy atom. The minimum absolute atomic E-state index is 0.726. The van der Waals surface area contributed by atoms with Gasteiger partial charge in [-0.3, -0.25) is 0 Å². The molecule has 2 heteroatoms. The SMILES string of the molecule is CCNC1CCCC1CN(CC)c1cccc(C)c1. The predicted molar refractivity (Wildman–Crippen MR) is 83.9 cm³/mol. The Hall–Kier alpha value is -1.02. The number of anilines is 1. The van der Waals surface area contributed by atoms with Crippen LogP contribution >= 0.6 is 0 Å². The maximum absolute atomic E-state index is 3.66. The molecule has 0 aromatic heterocycles. The van der Waals surface area contributed by atoms with Crippen LogP contribution in [0.15, 0.2) is 24.3 Å². The Balaban J connectivity index is 2.02. The molecule has 19 heavy (non-hydrogen) atoms. The van der Waals surface area contributed by atoms with Crippen molar-refractivity contribution < 1.29 is 0 Å². The second-order valence-electron chi connectivity index (χ2n) is 5.73. The van der Waals surface area contributed by atoms with Crippen molar-refractivity contribution in [2.24, 2.45) is 5.92 Å². The molecule has 1 aromatic rings. The Bertz CT molecular complexity index is 389. The molecule has 1 saturated carbocycles. The van der Waals surface area contributed by atoms with Gasteiger partial charge in [-0.1, -0.05) is 25.5 Å². The summed E-state index contributed by atoms with van der Waals surface area (Å²) in [4.78, 5) is 2.54. The molecule has 0 saturated heterocycles. The van der Waals surface area contributed by atoms with Crippen LogP contribution in [0, 0.1) is 12.8 Å². The minimum Gasteiger partial charge on any atom is -0.371 e. The van der Waals surface area contributed by atoms with Gasteiger partial charge in [-0.15, -0.1) is 0 Å². The van der Waals surface area contributed by atoms with Crippen molar-refractivity contribution in [1.82, 2.24) is 5.32 Å². The van der Waals surface area contributed by atoms with E-state index in [1.54, 1.807) is 0 Å². The standard InChI is InChI=1S/C17H28N2/c1-4-18-17-11-7-9-15(17)13-19(5-2)16-10-6-8-14(3)12-16/h6,8,10,12,15,17-18H,4-5,7,9,11,13H2,1-3H3. The van der Waals surface area contributed by atoms with Crippen LogP contribution in [0.2, 0.25) is 0 Å². The molecular weight excluding hydrogens is 232 g/mol. The second-order valence-corrected chi connectivity index (χ2v) is 5.73. The monoisotopic (exact) mass is 260 g/mol. The lowest BCUT2D eigenvalue weighted by atomic mass is 10.0. The third-order valence-corrected chi connectivity index (χ3v) is 4.33. The van der Waals surface area contributed by atoms with Gasteiger partial charge >= 0.3 is 0 Å². The molecule has 1 aliphatic carbocycles. The maximum atomic E-state index is 3.66. The molecule has 0 radical (unpaired) electrons. The van der Waals surface area contributed by atoms with E-state index in [2.05, 4.69) is 55.3 Å². The second kappa shape index (κ2) is 6.95. The summed E-state index contributed by atoms with van der Waals surface area (Å²) in [5, 5.41) is 3.66. The summed E-state index contributed by atoms with van der Waals surface area (Å²) < 4.78 is 0. The number of nitrogens with zero attached hydrogens (tertiary/aromatic N) is 1. The summed E-state index contributed by atoms with van der Waals surface area (Å²) in [6, 6.07) is 9.62. The zero-order valence-corrected chi connectivity index (χ0v) is 12.7. The largest absolute Gasteiger partial charge is 0.371 e. The fourth-order valence-corrected chi connectivity index (χ4v) is 3.31. The van der Waals surface area contributed by atoms with E-state index in [0.717, 1.165) is 25.0 Å². The Morgan fingerprint density at radius 3 is 2.79 bits per heavy atom. The number of benzene rings is 1. The van der Waals surface area contributed by atoms with E-state index in [9.17, 15) is 0 Å². The molecule has 0 spiro atoms. The van der Waals surface area contributed by atoms with Crippen LogP contribution in [-0.2, 0) is 0 Å². The van der Waals surface area contributed by atoms with Gasteiger partial charge in [-0.2, -0.15) is 0 Å². The highest BCUT2D eigenvalue weighted by Crippen LogP contribution is 2.28. The molecule has 0 bridgehead atoms. The van der Waals surface area contributed by atoms with Crippen LogP contribution in [-0.4, -0.2) is 25.7 Å². The Labute approximate surface area is 118 Å². The molecule has 1 aliphatic rings. The zero-order valence-electron chi connectivity index (χ0n) is 12.7. The van der Waals surface area contributed by atoms with Crippen molar-refractivity contribution in [3.8, 4) is 0 Å². The van der Waals surface area contributed by atoms with Gasteiger partial charge in [0, 0.05) is 24.8 Å². The first-order chi connectivity index (χ1) is 9.24. The topological polar surface area (TPSA) is 15.3 Å². The lowest BCUT2D eigenvalue weighted by Gasteiger charge is -2.30. The number of rotatable bonds is 6. The van der Waals surface area contributed by atoms with E-state index in [1.165, 1.54) is 37.1 Å². The average molecular weight is 260 g/mol. The molecule has 0 aliphatic heterocycles. The van der Waals surface area contributed by atoms with Crippen molar-refractivity contribution in [1.29, 1.82) is 0 Å². The van der Waals surface area contributed by atoms with Crippen LogP contribution in [0.4, 0.5) is 5.69 Å². The van der Waals surface area contributed by atoms with Crippen molar-refractivity contribution in [3.63, 3.8) is 0 Å². The van der Waals surface area contributed by atoms with Gasteiger partial charge in [0.1, 0.15) is 0 Å². The summed E-state index contributed by atoms with van der Waals surface area (Å²) in [7, 11) is 0. The maximum Gasteiger partial charge on any atom is 0.0368 e. The van der Waals surface area contributed by atoms with Crippen LogP contribution < -0.4 is 10.2 Å².